The largest absolute Gasteiger partial charge is 0.299 e. The molecule has 1 aromatic rings. The predicted molar refractivity (Wildman–Crippen MR) is 61.6 cm³/mol. The Morgan fingerprint density at radius 1 is 1.56 bits per heavy atom. The maximum Gasteiger partial charge on any atom is 0.151 e. The van der Waals surface area contributed by atoms with Gasteiger partial charge < -0.3 is 0 Å². The Labute approximate surface area is 94.9 Å². The summed E-state index contributed by atoms with van der Waals surface area (Å²) in [6.07, 6.45) is 5.35. The summed E-state index contributed by atoms with van der Waals surface area (Å²) in [4.78, 5) is 11.5. The standard InChI is InChI=1S/C13H14FNO/c1-3-6-15-9-13(16)8-11-4-5-12(14)7-10(11)2/h1,4-5,7,15H,6,8-9H2,2H3. The first-order valence-electron chi connectivity index (χ1n) is 5.04. The van der Waals surface area contributed by atoms with Crippen LogP contribution in [0.2, 0.25) is 0 Å². The van der Waals surface area contributed by atoms with Gasteiger partial charge in [-0.3, -0.25) is 10.1 Å². The molecule has 0 fully saturated rings. The fraction of sp³-hybridized carbons (Fsp3) is 0.308. The summed E-state index contributed by atoms with van der Waals surface area (Å²) in [6, 6.07) is 4.44. The van der Waals surface area contributed by atoms with Gasteiger partial charge in [0.25, 0.3) is 0 Å². The lowest BCUT2D eigenvalue weighted by molar-refractivity contribution is -0.117. The summed E-state index contributed by atoms with van der Waals surface area (Å²) in [7, 11) is 0. The van der Waals surface area contributed by atoms with Gasteiger partial charge in [-0.2, -0.15) is 0 Å². The molecule has 0 heterocycles. The Balaban J connectivity index is 2.53. The van der Waals surface area contributed by atoms with E-state index < -0.39 is 0 Å². The minimum atomic E-state index is -0.279. The van der Waals surface area contributed by atoms with E-state index in [-0.39, 0.29) is 18.1 Å². The first-order chi connectivity index (χ1) is 7.63. The zero-order valence-electron chi connectivity index (χ0n) is 9.22. The number of hydrogen-bond acceptors (Lipinski definition) is 2. The average Bonchev–Trinajstić information content (AvgIpc) is 2.23. The molecule has 3 heteroatoms. The number of halogens is 1. The number of rotatable bonds is 5. The van der Waals surface area contributed by atoms with Crippen LogP contribution in [0.25, 0.3) is 0 Å². The first-order valence-corrected chi connectivity index (χ1v) is 5.04. The molecule has 0 aliphatic carbocycles. The van der Waals surface area contributed by atoms with Crippen molar-refractivity contribution in [1.82, 2.24) is 5.32 Å². The van der Waals surface area contributed by atoms with Gasteiger partial charge in [-0.15, -0.1) is 6.42 Å². The lowest BCUT2D eigenvalue weighted by Gasteiger charge is -2.05. The highest BCUT2D eigenvalue weighted by atomic mass is 19.1. The van der Waals surface area contributed by atoms with E-state index in [1.807, 2.05) is 0 Å². The third kappa shape index (κ3) is 3.84. The number of terminal acetylenes is 1. The maximum absolute atomic E-state index is 12.8. The van der Waals surface area contributed by atoms with Crippen molar-refractivity contribution in [3.8, 4) is 12.3 Å². The number of aryl methyl sites for hydroxylation is 1. The highest BCUT2D eigenvalue weighted by Crippen LogP contribution is 2.10. The van der Waals surface area contributed by atoms with Gasteiger partial charge in [0.05, 0.1) is 13.1 Å². The highest BCUT2D eigenvalue weighted by molar-refractivity contribution is 5.83. The molecule has 0 aliphatic heterocycles. The van der Waals surface area contributed by atoms with E-state index in [0.717, 1.165) is 11.1 Å². The SMILES string of the molecule is C#CCNCC(=O)Cc1ccc(F)cc1C. The average molecular weight is 219 g/mol. The van der Waals surface area contributed by atoms with Gasteiger partial charge in [0.1, 0.15) is 5.82 Å². The van der Waals surface area contributed by atoms with Crippen molar-refractivity contribution in [2.24, 2.45) is 0 Å². The normalized spacial score (nSPS) is 9.81. The lowest BCUT2D eigenvalue weighted by Crippen LogP contribution is -2.24. The second kappa shape index (κ2) is 6.04. The number of nitrogens with one attached hydrogen (secondary N) is 1. The molecule has 0 amide bonds. The van der Waals surface area contributed by atoms with Crippen molar-refractivity contribution in [3.05, 3.63) is 35.1 Å². The van der Waals surface area contributed by atoms with Gasteiger partial charge in [-0.05, 0) is 30.2 Å². The molecule has 0 aliphatic rings. The third-order valence-corrected chi connectivity index (χ3v) is 2.24. The third-order valence-electron chi connectivity index (χ3n) is 2.24. The second-order valence-electron chi connectivity index (χ2n) is 3.59. The van der Waals surface area contributed by atoms with Crippen LogP contribution in [0.15, 0.2) is 18.2 Å². The van der Waals surface area contributed by atoms with Gasteiger partial charge in [0, 0.05) is 6.42 Å². The van der Waals surface area contributed by atoms with E-state index in [2.05, 4.69) is 11.2 Å². The van der Waals surface area contributed by atoms with Crippen LogP contribution in [0, 0.1) is 25.1 Å². The molecule has 1 rings (SSSR count). The Morgan fingerprint density at radius 2 is 2.31 bits per heavy atom. The summed E-state index contributed by atoms with van der Waals surface area (Å²) in [5, 5.41) is 2.83. The molecule has 0 unspecified atom stereocenters. The van der Waals surface area contributed by atoms with Crippen LogP contribution in [0.4, 0.5) is 4.39 Å². The topological polar surface area (TPSA) is 29.1 Å². The Kier molecular flexibility index (Phi) is 4.68. The molecular formula is C13H14FNO. The Morgan fingerprint density at radius 3 is 2.94 bits per heavy atom. The van der Waals surface area contributed by atoms with Crippen LogP contribution in [-0.4, -0.2) is 18.9 Å². The van der Waals surface area contributed by atoms with Crippen LogP contribution in [0.1, 0.15) is 11.1 Å². The molecule has 1 N–H and O–H groups in total. The van der Waals surface area contributed by atoms with Crippen molar-refractivity contribution in [2.45, 2.75) is 13.3 Å². The number of carbonyl (C=O) groups is 1. The molecule has 1 aromatic carbocycles. The van der Waals surface area contributed by atoms with Crippen molar-refractivity contribution < 1.29 is 9.18 Å². The molecule has 84 valence electrons. The monoisotopic (exact) mass is 219 g/mol. The molecule has 0 aromatic heterocycles. The van der Waals surface area contributed by atoms with Crippen LogP contribution in [-0.2, 0) is 11.2 Å². The van der Waals surface area contributed by atoms with Crippen molar-refractivity contribution in [1.29, 1.82) is 0 Å². The minimum Gasteiger partial charge on any atom is -0.299 e. The summed E-state index contributed by atoms with van der Waals surface area (Å²) >= 11 is 0. The maximum atomic E-state index is 12.8. The van der Waals surface area contributed by atoms with E-state index in [0.29, 0.717) is 13.0 Å². The number of benzene rings is 1. The van der Waals surface area contributed by atoms with E-state index in [4.69, 9.17) is 6.42 Å². The fourth-order valence-electron chi connectivity index (χ4n) is 1.41. The van der Waals surface area contributed by atoms with Gasteiger partial charge in [0.2, 0.25) is 0 Å². The minimum absolute atomic E-state index is 0.0463. The molecule has 0 saturated heterocycles. The molecule has 0 saturated carbocycles. The second-order valence-corrected chi connectivity index (χ2v) is 3.59. The van der Waals surface area contributed by atoms with Crippen molar-refractivity contribution in [2.75, 3.05) is 13.1 Å². The van der Waals surface area contributed by atoms with Gasteiger partial charge >= 0.3 is 0 Å². The van der Waals surface area contributed by atoms with Gasteiger partial charge in [-0.25, -0.2) is 4.39 Å². The smallest absolute Gasteiger partial charge is 0.151 e. The van der Waals surface area contributed by atoms with Crippen LogP contribution >= 0.6 is 0 Å². The van der Waals surface area contributed by atoms with Crippen LogP contribution in [0.3, 0.4) is 0 Å². The van der Waals surface area contributed by atoms with Crippen molar-refractivity contribution >= 4 is 5.78 Å². The van der Waals surface area contributed by atoms with Gasteiger partial charge in [0.15, 0.2) is 5.78 Å². The zero-order chi connectivity index (χ0) is 12.0. The molecular weight excluding hydrogens is 205 g/mol. The van der Waals surface area contributed by atoms with E-state index >= 15 is 0 Å². The van der Waals surface area contributed by atoms with E-state index in [9.17, 15) is 9.18 Å². The molecule has 0 spiro atoms. The molecule has 0 radical (unpaired) electrons. The number of hydrogen-bond donors (Lipinski definition) is 1. The summed E-state index contributed by atoms with van der Waals surface area (Å²) in [5.74, 6) is 2.16. The van der Waals surface area contributed by atoms with Crippen LogP contribution < -0.4 is 5.32 Å². The molecule has 0 bridgehead atoms. The first kappa shape index (κ1) is 12.4. The predicted octanol–water partition coefficient (Wildman–Crippen LogP) is 1.47. The number of carbonyl (C=O) groups excluding carboxylic acids is 1. The molecule has 2 nitrogen and oxygen atoms in total. The Bertz CT molecular complexity index is 420. The summed E-state index contributed by atoms with van der Waals surface area (Å²) in [6.45, 7) is 2.43. The lowest BCUT2D eigenvalue weighted by atomic mass is 10.0. The fourth-order valence-corrected chi connectivity index (χ4v) is 1.41. The molecule has 0 atom stereocenters. The van der Waals surface area contributed by atoms with Crippen molar-refractivity contribution in [3.63, 3.8) is 0 Å². The zero-order valence-corrected chi connectivity index (χ0v) is 9.22. The van der Waals surface area contributed by atoms with E-state index in [1.54, 1.807) is 13.0 Å². The highest BCUT2D eigenvalue weighted by Gasteiger charge is 2.06. The van der Waals surface area contributed by atoms with Crippen LogP contribution in [0.5, 0.6) is 0 Å². The van der Waals surface area contributed by atoms with Gasteiger partial charge in [-0.1, -0.05) is 12.0 Å². The number of ketones is 1. The summed E-state index contributed by atoms with van der Waals surface area (Å²) in [5.41, 5.74) is 1.65. The quantitative estimate of drug-likeness (QED) is 0.600. The molecule has 16 heavy (non-hydrogen) atoms. The number of Topliss-reactive ketones (excluding diaryl/α,β-unsaturated/α-hetero) is 1. The van der Waals surface area contributed by atoms with E-state index in [1.165, 1.54) is 12.1 Å². The summed E-state index contributed by atoms with van der Waals surface area (Å²) < 4.78 is 12.8. The Hall–Kier alpha value is -1.66.